The summed E-state index contributed by atoms with van der Waals surface area (Å²) >= 11 is 1.66. The highest BCUT2D eigenvalue weighted by Gasteiger charge is 2.35. The van der Waals surface area contributed by atoms with Crippen LogP contribution in [-0.4, -0.2) is 42.3 Å². The van der Waals surface area contributed by atoms with E-state index in [9.17, 15) is 0 Å². The zero-order valence-electron chi connectivity index (χ0n) is 10.8. The van der Waals surface area contributed by atoms with Gasteiger partial charge in [-0.3, -0.25) is 0 Å². The van der Waals surface area contributed by atoms with Crippen molar-refractivity contribution in [2.45, 2.75) is 25.0 Å². The molecule has 2 bridgehead atoms. The number of thiophene rings is 1. The lowest BCUT2D eigenvalue weighted by Gasteiger charge is -2.33. The number of hydrogen-bond acceptors (Lipinski definition) is 6. The summed E-state index contributed by atoms with van der Waals surface area (Å²) in [5.41, 5.74) is 0. The number of rotatable bonds is 2. The fourth-order valence-electron chi connectivity index (χ4n) is 2.98. The molecular formula is C13H16N4OS. The van der Waals surface area contributed by atoms with Gasteiger partial charge in [-0.1, -0.05) is 0 Å². The van der Waals surface area contributed by atoms with Gasteiger partial charge in [-0.15, -0.1) is 11.3 Å². The molecule has 0 radical (unpaired) electrons. The van der Waals surface area contributed by atoms with Gasteiger partial charge in [-0.2, -0.15) is 4.98 Å². The Morgan fingerprint density at radius 1 is 1.32 bits per heavy atom. The number of fused-ring (bicyclic) bond motifs is 3. The van der Waals surface area contributed by atoms with Gasteiger partial charge in [-0.05, 0) is 24.3 Å². The molecule has 4 heterocycles. The standard InChI is InChI=1S/C13H16N4OS/c1-14-13-15-11(10-4-5-19-12(10)16-13)17-6-8-2-3-9(7-17)18-8/h4-5,8-9H,2-3,6-7H2,1H3,(H,14,15,16). The fourth-order valence-corrected chi connectivity index (χ4v) is 3.74. The fraction of sp³-hybridized carbons (Fsp3) is 0.538. The summed E-state index contributed by atoms with van der Waals surface area (Å²) < 4.78 is 5.90. The molecule has 4 rings (SSSR count). The van der Waals surface area contributed by atoms with Crippen LogP contribution in [0.3, 0.4) is 0 Å². The van der Waals surface area contributed by atoms with Gasteiger partial charge < -0.3 is 15.0 Å². The number of nitrogens with one attached hydrogen (secondary N) is 1. The van der Waals surface area contributed by atoms with E-state index in [-0.39, 0.29) is 0 Å². The van der Waals surface area contributed by atoms with Crippen molar-refractivity contribution < 1.29 is 4.74 Å². The van der Waals surface area contributed by atoms with Gasteiger partial charge in [0.15, 0.2) is 0 Å². The lowest BCUT2D eigenvalue weighted by molar-refractivity contribution is 0.0303. The molecule has 2 aliphatic heterocycles. The minimum atomic E-state index is 0.375. The molecule has 19 heavy (non-hydrogen) atoms. The van der Waals surface area contributed by atoms with E-state index in [1.165, 1.54) is 12.8 Å². The molecule has 100 valence electrons. The summed E-state index contributed by atoms with van der Waals surface area (Å²) in [6.45, 7) is 1.89. The lowest BCUT2D eigenvalue weighted by atomic mass is 10.2. The molecule has 2 atom stereocenters. The van der Waals surface area contributed by atoms with Crippen LogP contribution in [0.15, 0.2) is 11.4 Å². The Labute approximate surface area is 115 Å². The van der Waals surface area contributed by atoms with Crippen molar-refractivity contribution in [1.29, 1.82) is 0 Å². The van der Waals surface area contributed by atoms with Crippen molar-refractivity contribution in [3.63, 3.8) is 0 Å². The third-order valence-electron chi connectivity index (χ3n) is 3.87. The molecule has 2 unspecified atom stereocenters. The summed E-state index contributed by atoms with van der Waals surface area (Å²) in [6, 6.07) is 2.12. The van der Waals surface area contributed by atoms with Crippen LogP contribution in [0.5, 0.6) is 0 Å². The normalized spacial score (nSPS) is 26.1. The summed E-state index contributed by atoms with van der Waals surface area (Å²) in [5, 5.41) is 6.29. The molecule has 0 spiro atoms. The van der Waals surface area contributed by atoms with Gasteiger partial charge in [0.1, 0.15) is 10.6 Å². The first kappa shape index (κ1) is 11.4. The number of morpholine rings is 1. The number of anilines is 2. The van der Waals surface area contributed by atoms with Crippen molar-refractivity contribution >= 4 is 33.3 Å². The van der Waals surface area contributed by atoms with Crippen LogP contribution in [0.25, 0.3) is 10.2 Å². The molecule has 5 nitrogen and oxygen atoms in total. The topological polar surface area (TPSA) is 50.3 Å². The summed E-state index contributed by atoms with van der Waals surface area (Å²) in [5.74, 6) is 1.75. The molecule has 6 heteroatoms. The molecule has 2 aromatic heterocycles. The van der Waals surface area contributed by atoms with Crippen molar-refractivity contribution in [3.05, 3.63) is 11.4 Å². The van der Waals surface area contributed by atoms with Crippen LogP contribution in [0.2, 0.25) is 0 Å². The quantitative estimate of drug-likeness (QED) is 0.910. The molecule has 0 saturated carbocycles. The molecule has 0 amide bonds. The Hall–Kier alpha value is -1.40. The second kappa shape index (κ2) is 4.31. The zero-order valence-corrected chi connectivity index (χ0v) is 11.6. The predicted molar refractivity (Wildman–Crippen MR) is 77.1 cm³/mol. The summed E-state index contributed by atoms with van der Waals surface area (Å²) in [7, 11) is 1.86. The smallest absolute Gasteiger partial charge is 0.225 e. The molecule has 0 aliphatic carbocycles. The molecule has 2 saturated heterocycles. The zero-order chi connectivity index (χ0) is 12.8. The van der Waals surface area contributed by atoms with E-state index in [1.807, 2.05) is 7.05 Å². The molecule has 1 N–H and O–H groups in total. The van der Waals surface area contributed by atoms with E-state index >= 15 is 0 Å². The molecule has 2 fully saturated rings. The second-order valence-corrected chi connectivity index (χ2v) is 6.02. The average molecular weight is 276 g/mol. The Morgan fingerprint density at radius 2 is 2.11 bits per heavy atom. The minimum absolute atomic E-state index is 0.375. The van der Waals surface area contributed by atoms with E-state index in [1.54, 1.807) is 11.3 Å². The van der Waals surface area contributed by atoms with E-state index in [4.69, 9.17) is 4.74 Å². The van der Waals surface area contributed by atoms with Gasteiger partial charge >= 0.3 is 0 Å². The number of ether oxygens (including phenoxy) is 1. The maximum absolute atomic E-state index is 5.90. The molecule has 2 aromatic rings. The first-order valence-electron chi connectivity index (χ1n) is 6.67. The highest BCUT2D eigenvalue weighted by molar-refractivity contribution is 7.16. The van der Waals surface area contributed by atoms with Crippen LogP contribution >= 0.6 is 11.3 Å². The van der Waals surface area contributed by atoms with Gasteiger partial charge in [0.2, 0.25) is 5.95 Å². The monoisotopic (exact) mass is 276 g/mol. The Balaban J connectivity index is 1.78. The van der Waals surface area contributed by atoms with E-state index in [0.29, 0.717) is 18.2 Å². The Kier molecular flexibility index (Phi) is 2.60. The van der Waals surface area contributed by atoms with Crippen LogP contribution in [0, 0.1) is 0 Å². The van der Waals surface area contributed by atoms with Gasteiger partial charge in [0.05, 0.1) is 17.6 Å². The molecular weight excluding hydrogens is 260 g/mol. The van der Waals surface area contributed by atoms with Crippen molar-refractivity contribution in [3.8, 4) is 0 Å². The maximum Gasteiger partial charge on any atom is 0.225 e. The van der Waals surface area contributed by atoms with E-state index < -0.39 is 0 Å². The Morgan fingerprint density at radius 3 is 2.84 bits per heavy atom. The summed E-state index contributed by atoms with van der Waals surface area (Å²) in [4.78, 5) is 12.6. The molecule has 2 aliphatic rings. The first-order valence-corrected chi connectivity index (χ1v) is 7.55. The largest absolute Gasteiger partial charge is 0.371 e. The highest BCUT2D eigenvalue weighted by atomic mass is 32.1. The summed E-state index contributed by atoms with van der Waals surface area (Å²) in [6.07, 6.45) is 3.11. The van der Waals surface area contributed by atoms with Crippen LogP contribution in [-0.2, 0) is 4.74 Å². The maximum atomic E-state index is 5.90. The first-order chi connectivity index (χ1) is 9.33. The van der Waals surface area contributed by atoms with Gasteiger partial charge in [-0.25, -0.2) is 4.98 Å². The number of aromatic nitrogens is 2. The Bertz CT molecular complexity index is 602. The van der Waals surface area contributed by atoms with Crippen molar-refractivity contribution in [2.75, 3.05) is 30.4 Å². The van der Waals surface area contributed by atoms with Gasteiger partial charge in [0, 0.05) is 20.1 Å². The average Bonchev–Trinajstić information content (AvgIpc) is 3.03. The number of hydrogen-bond donors (Lipinski definition) is 1. The van der Waals surface area contributed by atoms with Crippen LogP contribution in [0.4, 0.5) is 11.8 Å². The second-order valence-electron chi connectivity index (χ2n) is 5.12. The van der Waals surface area contributed by atoms with Crippen LogP contribution in [0.1, 0.15) is 12.8 Å². The predicted octanol–water partition coefficient (Wildman–Crippen LogP) is 2.10. The van der Waals surface area contributed by atoms with Crippen molar-refractivity contribution in [1.82, 2.24) is 9.97 Å². The van der Waals surface area contributed by atoms with E-state index in [0.717, 1.165) is 29.1 Å². The van der Waals surface area contributed by atoms with Gasteiger partial charge in [0.25, 0.3) is 0 Å². The van der Waals surface area contributed by atoms with Crippen molar-refractivity contribution in [2.24, 2.45) is 0 Å². The molecule has 0 aromatic carbocycles. The third kappa shape index (κ3) is 1.86. The van der Waals surface area contributed by atoms with Crippen LogP contribution < -0.4 is 10.2 Å². The SMILES string of the molecule is CNc1nc(N2CC3CCC(C2)O3)c2ccsc2n1. The lowest BCUT2D eigenvalue weighted by Crippen LogP contribution is -2.43. The van der Waals surface area contributed by atoms with E-state index in [2.05, 4.69) is 31.6 Å². The third-order valence-corrected chi connectivity index (χ3v) is 4.68. The highest BCUT2D eigenvalue weighted by Crippen LogP contribution is 2.34. The number of nitrogens with zero attached hydrogens (tertiary/aromatic N) is 3. The minimum Gasteiger partial charge on any atom is -0.371 e.